The van der Waals surface area contributed by atoms with E-state index >= 15 is 0 Å². The lowest BCUT2D eigenvalue weighted by atomic mass is 10.1. The summed E-state index contributed by atoms with van der Waals surface area (Å²) in [4.78, 5) is 12.6. The standard InChI is InChI=1S/C26H20ClN3O3/c27-21-14-28-30(16-21)15-18-4-3-7-22(12-18)29-26(31)25-11-10-24(33-25)17-32-23-9-8-19-5-1-2-6-20(19)13-23/h1-14,16H,15,17H2,(H,29,31). The summed E-state index contributed by atoms with van der Waals surface area (Å²) >= 11 is 5.92. The normalized spacial score (nSPS) is 10.9. The molecule has 0 saturated heterocycles. The molecule has 0 bridgehead atoms. The minimum absolute atomic E-state index is 0.219. The summed E-state index contributed by atoms with van der Waals surface area (Å²) in [5, 5.41) is 9.88. The van der Waals surface area contributed by atoms with E-state index in [9.17, 15) is 4.79 Å². The molecular formula is C26H20ClN3O3. The Bertz CT molecular complexity index is 1420. The SMILES string of the molecule is O=C(Nc1cccc(Cn2cc(Cl)cn2)c1)c1ccc(COc2ccc3ccccc3c2)o1. The quantitative estimate of drug-likeness (QED) is 0.317. The number of nitrogens with one attached hydrogen (secondary N) is 1. The van der Waals surface area contributed by atoms with Gasteiger partial charge in [-0.2, -0.15) is 5.10 Å². The van der Waals surface area contributed by atoms with E-state index in [0.717, 1.165) is 22.1 Å². The lowest BCUT2D eigenvalue weighted by Crippen LogP contribution is -2.11. The van der Waals surface area contributed by atoms with Crippen LogP contribution in [0.3, 0.4) is 0 Å². The lowest BCUT2D eigenvalue weighted by molar-refractivity contribution is 0.0992. The fourth-order valence-electron chi connectivity index (χ4n) is 3.54. The number of hydrogen-bond acceptors (Lipinski definition) is 4. The smallest absolute Gasteiger partial charge is 0.291 e. The molecule has 2 heterocycles. The number of ether oxygens (including phenoxy) is 1. The number of aromatic nitrogens is 2. The number of fused-ring (bicyclic) bond motifs is 1. The van der Waals surface area contributed by atoms with Crippen molar-refractivity contribution in [2.45, 2.75) is 13.2 Å². The van der Waals surface area contributed by atoms with Crippen molar-refractivity contribution in [1.29, 1.82) is 0 Å². The largest absolute Gasteiger partial charge is 0.486 e. The van der Waals surface area contributed by atoms with Crippen LogP contribution in [-0.4, -0.2) is 15.7 Å². The molecule has 0 saturated carbocycles. The van der Waals surface area contributed by atoms with Crippen LogP contribution in [0.1, 0.15) is 21.9 Å². The maximum absolute atomic E-state index is 12.6. The Morgan fingerprint density at radius 2 is 1.88 bits per heavy atom. The molecule has 0 unspecified atom stereocenters. The maximum atomic E-state index is 12.6. The van der Waals surface area contributed by atoms with E-state index in [-0.39, 0.29) is 18.3 Å². The van der Waals surface area contributed by atoms with Crippen LogP contribution in [0.4, 0.5) is 5.69 Å². The molecule has 0 atom stereocenters. The molecular weight excluding hydrogens is 438 g/mol. The summed E-state index contributed by atoms with van der Waals surface area (Å²) in [5.74, 6) is 1.20. The van der Waals surface area contributed by atoms with Crippen molar-refractivity contribution >= 4 is 34.0 Å². The highest BCUT2D eigenvalue weighted by molar-refractivity contribution is 6.30. The van der Waals surface area contributed by atoms with Crippen LogP contribution in [0, 0.1) is 0 Å². The molecule has 2 aromatic heterocycles. The van der Waals surface area contributed by atoms with E-state index in [4.69, 9.17) is 20.8 Å². The zero-order chi connectivity index (χ0) is 22.6. The number of furan rings is 1. The average Bonchev–Trinajstić information content (AvgIpc) is 3.47. The van der Waals surface area contributed by atoms with Crippen LogP contribution >= 0.6 is 11.6 Å². The molecule has 33 heavy (non-hydrogen) atoms. The van der Waals surface area contributed by atoms with Crippen LogP contribution in [-0.2, 0) is 13.2 Å². The van der Waals surface area contributed by atoms with Gasteiger partial charge in [-0.1, -0.05) is 54.1 Å². The molecule has 0 radical (unpaired) electrons. The monoisotopic (exact) mass is 457 g/mol. The predicted octanol–water partition coefficient (Wildman–Crippen LogP) is 6.16. The van der Waals surface area contributed by atoms with Gasteiger partial charge >= 0.3 is 0 Å². The molecule has 1 amide bonds. The van der Waals surface area contributed by atoms with E-state index in [1.165, 1.54) is 0 Å². The third kappa shape index (κ3) is 5.07. The van der Waals surface area contributed by atoms with Gasteiger partial charge in [-0.15, -0.1) is 0 Å². The Morgan fingerprint density at radius 1 is 1.00 bits per heavy atom. The number of rotatable bonds is 7. The predicted molar refractivity (Wildman–Crippen MR) is 128 cm³/mol. The Labute approximate surface area is 195 Å². The van der Waals surface area contributed by atoms with E-state index < -0.39 is 0 Å². The maximum Gasteiger partial charge on any atom is 0.291 e. The summed E-state index contributed by atoms with van der Waals surface area (Å²) in [6.45, 7) is 0.779. The highest BCUT2D eigenvalue weighted by Gasteiger charge is 2.12. The van der Waals surface area contributed by atoms with Crippen LogP contribution in [0.15, 0.2) is 95.7 Å². The fraction of sp³-hybridized carbons (Fsp3) is 0.0769. The number of amides is 1. The van der Waals surface area contributed by atoms with Gasteiger partial charge in [0.05, 0.1) is 17.8 Å². The van der Waals surface area contributed by atoms with Gasteiger partial charge in [0.2, 0.25) is 0 Å². The Hall–Kier alpha value is -4.03. The summed E-state index contributed by atoms with van der Waals surface area (Å²) in [6, 6.07) is 24.9. The fourth-order valence-corrected chi connectivity index (χ4v) is 3.70. The molecule has 0 aliphatic heterocycles. The molecule has 0 spiro atoms. The highest BCUT2D eigenvalue weighted by Crippen LogP contribution is 2.22. The van der Waals surface area contributed by atoms with Gasteiger partial charge in [0.15, 0.2) is 5.76 Å². The van der Waals surface area contributed by atoms with Crippen molar-refractivity contribution in [3.05, 3.63) is 113 Å². The molecule has 7 heteroatoms. The molecule has 0 aliphatic carbocycles. The minimum Gasteiger partial charge on any atom is -0.486 e. The Balaban J connectivity index is 1.20. The number of carbonyl (C=O) groups is 1. The summed E-state index contributed by atoms with van der Waals surface area (Å²) in [7, 11) is 0. The second-order valence-electron chi connectivity index (χ2n) is 7.57. The van der Waals surface area contributed by atoms with Crippen molar-refractivity contribution in [2.75, 3.05) is 5.32 Å². The van der Waals surface area contributed by atoms with Crippen LogP contribution in [0.2, 0.25) is 5.02 Å². The number of hydrogen-bond donors (Lipinski definition) is 1. The van der Waals surface area contributed by atoms with Crippen LogP contribution in [0.5, 0.6) is 5.75 Å². The van der Waals surface area contributed by atoms with Crippen molar-refractivity contribution in [3.63, 3.8) is 0 Å². The molecule has 0 aliphatic rings. The van der Waals surface area contributed by atoms with E-state index in [2.05, 4.69) is 16.5 Å². The van der Waals surface area contributed by atoms with E-state index in [1.807, 2.05) is 60.7 Å². The zero-order valence-electron chi connectivity index (χ0n) is 17.6. The van der Waals surface area contributed by atoms with Crippen molar-refractivity contribution < 1.29 is 13.9 Å². The van der Waals surface area contributed by atoms with Gasteiger partial charge < -0.3 is 14.5 Å². The Kier molecular flexibility index (Phi) is 5.83. The van der Waals surface area contributed by atoms with Gasteiger partial charge in [-0.25, -0.2) is 0 Å². The summed E-state index contributed by atoms with van der Waals surface area (Å²) < 4.78 is 13.3. The highest BCUT2D eigenvalue weighted by atomic mass is 35.5. The zero-order valence-corrected chi connectivity index (χ0v) is 18.3. The van der Waals surface area contributed by atoms with Crippen LogP contribution in [0.25, 0.3) is 10.8 Å². The molecule has 6 nitrogen and oxygen atoms in total. The van der Waals surface area contributed by atoms with Gasteiger partial charge in [-0.05, 0) is 52.7 Å². The molecule has 164 valence electrons. The number of anilines is 1. The van der Waals surface area contributed by atoms with Gasteiger partial charge in [0, 0.05) is 11.9 Å². The van der Waals surface area contributed by atoms with Crippen LogP contribution < -0.4 is 10.1 Å². The molecule has 5 rings (SSSR count). The number of nitrogens with zero attached hydrogens (tertiary/aromatic N) is 2. The third-order valence-corrected chi connectivity index (χ3v) is 5.31. The molecule has 0 fully saturated rings. The minimum atomic E-state index is -0.328. The van der Waals surface area contributed by atoms with Crippen molar-refractivity contribution in [3.8, 4) is 5.75 Å². The first-order valence-electron chi connectivity index (χ1n) is 10.4. The lowest BCUT2D eigenvalue weighted by Gasteiger charge is -2.07. The second-order valence-corrected chi connectivity index (χ2v) is 8.01. The Morgan fingerprint density at radius 3 is 2.73 bits per heavy atom. The molecule has 1 N–H and O–H groups in total. The molecule has 5 aromatic rings. The number of benzene rings is 3. The topological polar surface area (TPSA) is 69.3 Å². The average molecular weight is 458 g/mol. The summed E-state index contributed by atoms with van der Waals surface area (Å²) in [5.41, 5.74) is 1.65. The second kappa shape index (κ2) is 9.22. The number of carbonyl (C=O) groups excluding carboxylic acids is 1. The van der Waals surface area contributed by atoms with E-state index in [1.54, 1.807) is 29.2 Å². The van der Waals surface area contributed by atoms with E-state index in [0.29, 0.717) is 23.0 Å². The van der Waals surface area contributed by atoms with Gasteiger partial charge in [-0.3, -0.25) is 9.48 Å². The third-order valence-electron chi connectivity index (χ3n) is 5.12. The summed E-state index contributed by atoms with van der Waals surface area (Å²) in [6.07, 6.45) is 3.34. The first-order chi connectivity index (χ1) is 16.1. The van der Waals surface area contributed by atoms with Gasteiger partial charge in [0.1, 0.15) is 18.1 Å². The first kappa shape index (κ1) is 20.8. The van der Waals surface area contributed by atoms with Crippen molar-refractivity contribution in [1.82, 2.24) is 9.78 Å². The van der Waals surface area contributed by atoms with Gasteiger partial charge in [0.25, 0.3) is 5.91 Å². The molecule has 3 aromatic carbocycles. The van der Waals surface area contributed by atoms with Crippen molar-refractivity contribution in [2.24, 2.45) is 0 Å². The number of halogens is 1. The first-order valence-corrected chi connectivity index (χ1v) is 10.8.